The van der Waals surface area contributed by atoms with Crippen molar-refractivity contribution in [2.24, 2.45) is 17.8 Å². The summed E-state index contributed by atoms with van der Waals surface area (Å²) in [5, 5.41) is 3.60. The smallest absolute Gasteiger partial charge is 0.244 e. The van der Waals surface area contributed by atoms with Gasteiger partial charge in [-0.2, -0.15) is 0 Å². The Kier molecular flexibility index (Phi) is 3.97. The molecule has 110 valence electrons. The van der Waals surface area contributed by atoms with Crippen LogP contribution in [0.3, 0.4) is 0 Å². The molecule has 5 unspecified atom stereocenters. The fourth-order valence-electron chi connectivity index (χ4n) is 3.70. The van der Waals surface area contributed by atoms with Gasteiger partial charge in [0.05, 0.1) is 11.7 Å². The van der Waals surface area contributed by atoms with Crippen LogP contribution in [0, 0.1) is 17.8 Å². The number of amides is 1. The molecule has 2 fully saturated rings. The van der Waals surface area contributed by atoms with Gasteiger partial charge in [0.2, 0.25) is 5.91 Å². The molecule has 5 atom stereocenters. The molecule has 1 aliphatic carbocycles. The first kappa shape index (κ1) is 14.8. The standard InChI is InChI=1S/C16H30N2O/c1-7-16(6)15(19)18(14(17-16)10(2)3)13-9-8-11(4)12(13)5/h10-14,17H,7-9H2,1-6H3. The van der Waals surface area contributed by atoms with Gasteiger partial charge < -0.3 is 4.90 Å². The number of carbonyl (C=O) groups is 1. The minimum Gasteiger partial charge on any atom is -0.322 e. The van der Waals surface area contributed by atoms with Crippen LogP contribution in [0.5, 0.6) is 0 Å². The molecule has 0 spiro atoms. The molecule has 0 radical (unpaired) electrons. The van der Waals surface area contributed by atoms with E-state index in [1.54, 1.807) is 0 Å². The van der Waals surface area contributed by atoms with Crippen LogP contribution in [0.25, 0.3) is 0 Å². The molecule has 0 aromatic rings. The first-order valence-electron chi connectivity index (χ1n) is 7.92. The van der Waals surface area contributed by atoms with Crippen molar-refractivity contribution in [1.82, 2.24) is 10.2 Å². The molecule has 2 aliphatic rings. The highest BCUT2D eigenvalue weighted by Gasteiger charge is 2.52. The van der Waals surface area contributed by atoms with Gasteiger partial charge in [-0.1, -0.05) is 34.6 Å². The Hall–Kier alpha value is -0.570. The number of carbonyl (C=O) groups excluding carboxylic acids is 1. The van der Waals surface area contributed by atoms with Gasteiger partial charge in [-0.15, -0.1) is 0 Å². The summed E-state index contributed by atoms with van der Waals surface area (Å²) in [7, 11) is 0. The minimum atomic E-state index is -0.361. The highest BCUT2D eigenvalue weighted by molar-refractivity contribution is 5.88. The number of hydrogen-bond acceptors (Lipinski definition) is 2. The summed E-state index contributed by atoms with van der Waals surface area (Å²) in [6.07, 6.45) is 3.49. The van der Waals surface area contributed by atoms with E-state index in [-0.39, 0.29) is 11.7 Å². The topological polar surface area (TPSA) is 32.3 Å². The lowest BCUT2D eigenvalue weighted by Crippen LogP contribution is -2.48. The molecule has 19 heavy (non-hydrogen) atoms. The van der Waals surface area contributed by atoms with E-state index in [2.05, 4.69) is 51.8 Å². The van der Waals surface area contributed by atoms with Crippen molar-refractivity contribution >= 4 is 5.91 Å². The van der Waals surface area contributed by atoms with Crippen molar-refractivity contribution in [2.45, 2.75) is 78.6 Å². The van der Waals surface area contributed by atoms with Gasteiger partial charge in [-0.25, -0.2) is 0 Å². The van der Waals surface area contributed by atoms with Crippen molar-refractivity contribution in [2.75, 3.05) is 0 Å². The van der Waals surface area contributed by atoms with Crippen molar-refractivity contribution in [3.8, 4) is 0 Å². The highest BCUT2D eigenvalue weighted by atomic mass is 16.2. The van der Waals surface area contributed by atoms with Crippen LogP contribution in [-0.4, -0.2) is 28.6 Å². The van der Waals surface area contributed by atoms with E-state index in [1.807, 2.05) is 0 Å². The Morgan fingerprint density at radius 2 is 2.00 bits per heavy atom. The van der Waals surface area contributed by atoms with Gasteiger partial charge in [0.15, 0.2) is 0 Å². The fourth-order valence-corrected chi connectivity index (χ4v) is 3.70. The van der Waals surface area contributed by atoms with E-state index in [0.29, 0.717) is 23.8 Å². The number of hydrogen-bond donors (Lipinski definition) is 1. The average molecular weight is 266 g/mol. The summed E-state index contributed by atoms with van der Waals surface area (Å²) in [4.78, 5) is 15.1. The predicted molar refractivity (Wildman–Crippen MR) is 78.7 cm³/mol. The normalized spacial score (nSPS) is 43.5. The maximum atomic E-state index is 12.9. The molecular weight excluding hydrogens is 236 g/mol. The molecule has 1 N–H and O–H groups in total. The van der Waals surface area contributed by atoms with Gasteiger partial charge in [-0.3, -0.25) is 10.1 Å². The Labute approximate surface area is 118 Å². The lowest BCUT2D eigenvalue weighted by molar-refractivity contribution is -0.136. The van der Waals surface area contributed by atoms with Crippen LogP contribution in [-0.2, 0) is 4.79 Å². The first-order valence-corrected chi connectivity index (χ1v) is 7.92. The van der Waals surface area contributed by atoms with Crippen molar-refractivity contribution < 1.29 is 4.79 Å². The number of nitrogens with zero attached hydrogens (tertiary/aromatic N) is 1. The molecule has 0 aromatic carbocycles. The van der Waals surface area contributed by atoms with Crippen LogP contribution in [0.15, 0.2) is 0 Å². The Bertz CT molecular complexity index is 353. The van der Waals surface area contributed by atoms with Crippen molar-refractivity contribution in [3.05, 3.63) is 0 Å². The molecule has 1 heterocycles. The summed E-state index contributed by atoms with van der Waals surface area (Å²) in [6.45, 7) is 13.2. The monoisotopic (exact) mass is 266 g/mol. The van der Waals surface area contributed by atoms with Crippen molar-refractivity contribution in [3.63, 3.8) is 0 Å². The van der Waals surface area contributed by atoms with Gasteiger partial charge >= 0.3 is 0 Å². The van der Waals surface area contributed by atoms with Gasteiger partial charge in [0.25, 0.3) is 0 Å². The van der Waals surface area contributed by atoms with Crippen LogP contribution in [0.4, 0.5) is 0 Å². The second-order valence-electron chi connectivity index (χ2n) is 7.21. The molecule has 1 aliphatic heterocycles. The second kappa shape index (κ2) is 5.08. The lowest BCUT2D eigenvalue weighted by Gasteiger charge is -2.35. The molecule has 3 nitrogen and oxygen atoms in total. The van der Waals surface area contributed by atoms with E-state index >= 15 is 0 Å². The zero-order chi connectivity index (χ0) is 14.4. The Balaban J connectivity index is 2.28. The van der Waals surface area contributed by atoms with E-state index in [9.17, 15) is 4.79 Å². The van der Waals surface area contributed by atoms with E-state index in [1.165, 1.54) is 12.8 Å². The Morgan fingerprint density at radius 3 is 2.42 bits per heavy atom. The molecule has 1 saturated carbocycles. The third-order valence-electron chi connectivity index (χ3n) is 5.59. The minimum absolute atomic E-state index is 0.204. The summed E-state index contributed by atoms with van der Waals surface area (Å²) < 4.78 is 0. The maximum absolute atomic E-state index is 12.9. The summed E-state index contributed by atoms with van der Waals surface area (Å²) >= 11 is 0. The molecule has 1 saturated heterocycles. The van der Waals surface area contributed by atoms with Gasteiger partial charge in [0, 0.05) is 6.04 Å². The first-order chi connectivity index (χ1) is 8.81. The predicted octanol–water partition coefficient (Wildman–Crippen LogP) is 3.00. The third-order valence-corrected chi connectivity index (χ3v) is 5.59. The van der Waals surface area contributed by atoms with Crippen LogP contribution >= 0.6 is 0 Å². The Morgan fingerprint density at radius 1 is 1.37 bits per heavy atom. The third kappa shape index (κ3) is 2.31. The molecular formula is C16H30N2O. The maximum Gasteiger partial charge on any atom is 0.244 e. The summed E-state index contributed by atoms with van der Waals surface area (Å²) in [5.74, 6) is 2.13. The van der Waals surface area contributed by atoms with E-state index in [0.717, 1.165) is 12.3 Å². The molecule has 3 heteroatoms. The zero-order valence-corrected chi connectivity index (χ0v) is 13.4. The second-order valence-corrected chi connectivity index (χ2v) is 7.21. The molecule has 2 rings (SSSR count). The molecule has 0 bridgehead atoms. The zero-order valence-electron chi connectivity index (χ0n) is 13.4. The highest BCUT2D eigenvalue weighted by Crippen LogP contribution is 2.39. The lowest BCUT2D eigenvalue weighted by atomic mass is 9.94. The van der Waals surface area contributed by atoms with Crippen LogP contribution in [0.2, 0.25) is 0 Å². The number of rotatable bonds is 3. The van der Waals surface area contributed by atoms with Crippen molar-refractivity contribution in [1.29, 1.82) is 0 Å². The molecule has 0 aromatic heterocycles. The van der Waals surface area contributed by atoms with Crippen LogP contribution in [0.1, 0.15) is 60.8 Å². The quantitative estimate of drug-likeness (QED) is 0.851. The van der Waals surface area contributed by atoms with Gasteiger partial charge in [0.1, 0.15) is 0 Å². The number of nitrogens with one attached hydrogen (secondary N) is 1. The average Bonchev–Trinajstić information content (AvgIpc) is 2.82. The largest absolute Gasteiger partial charge is 0.322 e. The fraction of sp³-hybridized carbons (Fsp3) is 0.938. The molecule has 1 amide bonds. The van der Waals surface area contributed by atoms with E-state index < -0.39 is 0 Å². The summed E-state index contributed by atoms with van der Waals surface area (Å²) in [5.41, 5.74) is -0.361. The SMILES string of the molecule is CCC1(C)NC(C(C)C)N(C2CCC(C)C2C)C1=O. The van der Waals surface area contributed by atoms with Crippen LogP contribution < -0.4 is 5.32 Å². The summed E-state index contributed by atoms with van der Waals surface area (Å²) in [6, 6.07) is 0.427. The van der Waals surface area contributed by atoms with Gasteiger partial charge in [-0.05, 0) is 43.9 Å². The van der Waals surface area contributed by atoms with E-state index in [4.69, 9.17) is 0 Å².